The molecule has 2 heterocycles. The minimum atomic E-state index is -3.08. The minimum Gasteiger partial charge on any atom is -0.331 e. The van der Waals surface area contributed by atoms with Crippen LogP contribution in [0.25, 0.3) is 6.08 Å². The number of sulfone groups is 1. The van der Waals surface area contributed by atoms with Crippen LogP contribution in [0.1, 0.15) is 41.5 Å². The van der Waals surface area contributed by atoms with Crippen LogP contribution in [-0.2, 0) is 34.1 Å². The van der Waals surface area contributed by atoms with Gasteiger partial charge in [0.25, 0.3) is 0 Å². The first-order chi connectivity index (χ1) is 16.0. The molecule has 0 N–H and O–H groups in total. The molecule has 1 amide bonds. The van der Waals surface area contributed by atoms with E-state index in [2.05, 4.69) is 23.1 Å². The maximum Gasteiger partial charge on any atom is 0.247 e. The lowest BCUT2D eigenvalue weighted by molar-refractivity contribution is -0.128. The van der Waals surface area contributed by atoms with Crippen LogP contribution in [-0.4, -0.2) is 54.8 Å². The summed E-state index contributed by atoms with van der Waals surface area (Å²) in [4.78, 5) is 17.6. The van der Waals surface area contributed by atoms with E-state index in [0.29, 0.717) is 13.0 Å². The highest BCUT2D eigenvalue weighted by molar-refractivity contribution is 7.91. The van der Waals surface area contributed by atoms with Gasteiger partial charge in [-0.15, -0.1) is 0 Å². The van der Waals surface area contributed by atoms with E-state index in [9.17, 15) is 13.2 Å². The molecule has 2 fully saturated rings. The molecule has 0 spiro atoms. The second-order valence-corrected chi connectivity index (χ2v) is 12.0. The summed E-state index contributed by atoms with van der Waals surface area (Å²) in [5, 5.41) is 0. The zero-order valence-electron chi connectivity index (χ0n) is 19.0. The highest BCUT2D eigenvalue weighted by Gasteiger charge is 2.34. The predicted octanol–water partition coefficient (Wildman–Crippen LogP) is 3.68. The van der Waals surface area contributed by atoms with Gasteiger partial charge in [0.1, 0.15) is 0 Å². The van der Waals surface area contributed by atoms with Crippen molar-refractivity contribution in [2.24, 2.45) is 5.92 Å². The maximum atomic E-state index is 13.3. The van der Waals surface area contributed by atoms with Gasteiger partial charge >= 0.3 is 0 Å². The molecule has 1 unspecified atom stereocenters. The molecule has 2 aromatic carbocycles. The molecule has 1 atom stereocenters. The number of carbonyl (C=O) groups is 1. The lowest BCUT2D eigenvalue weighted by Crippen LogP contribution is -2.39. The molecule has 33 heavy (non-hydrogen) atoms. The summed E-state index contributed by atoms with van der Waals surface area (Å²) in [5.74, 6) is 0.979. The lowest BCUT2D eigenvalue weighted by Gasteiger charge is -2.30. The van der Waals surface area contributed by atoms with E-state index in [1.165, 1.54) is 30.5 Å². The van der Waals surface area contributed by atoms with Crippen molar-refractivity contribution in [2.45, 2.75) is 44.8 Å². The van der Waals surface area contributed by atoms with Crippen molar-refractivity contribution in [1.82, 2.24) is 9.80 Å². The quantitative estimate of drug-likeness (QED) is 0.587. The van der Waals surface area contributed by atoms with Crippen LogP contribution in [0.15, 0.2) is 54.6 Å². The van der Waals surface area contributed by atoms with Crippen molar-refractivity contribution in [3.05, 3.63) is 76.9 Å². The van der Waals surface area contributed by atoms with Crippen LogP contribution in [0.2, 0.25) is 0 Å². The van der Waals surface area contributed by atoms with Crippen molar-refractivity contribution in [1.29, 1.82) is 0 Å². The third-order valence-electron chi connectivity index (χ3n) is 7.13. The van der Waals surface area contributed by atoms with Gasteiger partial charge in [-0.1, -0.05) is 48.5 Å². The van der Waals surface area contributed by atoms with Crippen molar-refractivity contribution in [2.75, 3.05) is 24.6 Å². The highest BCUT2D eigenvalue weighted by Crippen LogP contribution is 2.32. The van der Waals surface area contributed by atoms with Crippen LogP contribution in [0, 0.1) is 5.92 Å². The molecular weight excluding hydrogens is 432 g/mol. The lowest BCUT2D eigenvalue weighted by atomic mass is 9.94. The number of amides is 1. The molecule has 1 aliphatic carbocycles. The first kappa shape index (κ1) is 22.4. The monoisotopic (exact) mass is 464 g/mol. The molecule has 174 valence electrons. The Morgan fingerprint density at radius 1 is 1.06 bits per heavy atom. The Balaban J connectivity index is 1.33. The van der Waals surface area contributed by atoms with Crippen LogP contribution in [0.3, 0.4) is 0 Å². The Bertz CT molecular complexity index is 1140. The minimum absolute atomic E-state index is 0.0526. The molecule has 2 aromatic rings. The SMILES string of the molecule is O=C(C=Cc1cccc2c1CCN(CC1CC1)C2)N(Cc1ccccc1)C1CCS(=O)(=O)C1. The topological polar surface area (TPSA) is 57.7 Å². The van der Waals surface area contributed by atoms with Crippen molar-refractivity contribution in [3.63, 3.8) is 0 Å². The summed E-state index contributed by atoms with van der Waals surface area (Å²) in [7, 11) is -3.08. The van der Waals surface area contributed by atoms with Gasteiger partial charge in [-0.3, -0.25) is 9.69 Å². The fourth-order valence-corrected chi connectivity index (χ4v) is 6.85. The number of hydrogen-bond donors (Lipinski definition) is 0. The van der Waals surface area contributed by atoms with E-state index < -0.39 is 9.84 Å². The number of rotatable bonds is 7. The molecule has 1 saturated carbocycles. The molecule has 5 nitrogen and oxygen atoms in total. The van der Waals surface area contributed by atoms with Gasteiger partial charge in [0, 0.05) is 38.3 Å². The van der Waals surface area contributed by atoms with Crippen molar-refractivity contribution >= 4 is 21.8 Å². The molecule has 1 saturated heterocycles. The summed E-state index contributed by atoms with van der Waals surface area (Å²) in [5.41, 5.74) is 4.81. The van der Waals surface area contributed by atoms with E-state index in [4.69, 9.17) is 0 Å². The van der Waals surface area contributed by atoms with Gasteiger partial charge in [0.05, 0.1) is 11.5 Å². The standard InChI is InChI=1S/C27H32N2O3S/c30-27(29(18-21-5-2-1-3-6-21)25-14-16-33(31,32)20-25)12-11-23-7-4-8-24-19-28(15-13-26(23)24)17-22-9-10-22/h1-8,11-12,22,25H,9-10,13-20H2. The summed E-state index contributed by atoms with van der Waals surface area (Å²) < 4.78 is 24.2. The predicted molar refractivity (Wildman–Crippen MR) is 131 cm³/mol. The van der Waals surface area contributed by atoms with E-state index in [0.717, 1.165) is 36.6 Å². The van der Waals surface area contributed by atoms with E-state index >= 15 is 0 Å². The molecule has 6 heteroatoms. The molecular formula is C27H32N2O3S. The Morgan fingerprint density at radius 3 is 2.61 bits per heavy atom. The number of fused-ring (bicyclic) bond motifs is 1. The first-order valence-corrected chi connectivity index (χ1v) is 13.9. The highest BCUT2D eigenvalue weighted by atomic mass is 32.2. The fraction of sp³-hybridized carbons (Fsp3) is 0.444. The smallest absolute Gasteiger partial charge is 0.247 e. The number of nitrogens with zero attached hydrogens (tertiary/aromatic N) is 2. The van der Waals surface area contributed by atoms with Crippen LogP contribution in [0.5, 0.6) is 0 Å². The molecule has 0 radical (unpaired) electrons. The Labute approximate surface area is 197 Å². The first-order valence-electron chi connectivity index (χ1n) is 12.0. The molecule has 5 rings (SSSR count). The summed E-state index contributed by atoms with van der Waals surface area (Å²) in [6.07, 6.45) is 7.82. The number of benzene rings is 2. The van der Waals surface area contributed by atoms with Crippen molar-refractivity contribution < 1.29 is 13.2 Å². The van der Waals surface area contributed by atoms with Crippen LogP contribution in [0.4, 0.5) is 0 Å². The van der Waals surface area contributed by atoms with Gasteiger partial charge in [-0.25, -0.2) is 8.42 Å². The van der Waals surface area contributed by atoms with Crippen molar-refractivity contribution in [3.8, 4) is 0 Å². The van der Waals surface area contributed by atoms with Crippen LogP contribution < -0.4 is 0 Å². The van der Waals surface area contributed by atoms with Gasteiger partial charge in [-0.2, -0.15) is 0 Å². The maximum absolute atomic E-state index is 13.3. The second-order valence-electron chi connectivity index (χ2n) is 9.76. The Hall–Kier alpha value is -2.44. The average Bonchev–Trinajstić information content (AvgIpc) is 3.56. The van der Waals surface area contributed by atoms with Crippen LogP contribution >= 0.6 is 0 Å². The molecule has 0 bridgehead atoms. The van der Waals surface area contributed by atoms with E-state index in [1.807, 2.05) is 36.4 Å². The van der Waals surface area contributed by atoms with Gasteiger partial charge in [-0.05, 0) is 59.9 Å². The number of hydrogen-bond acceptors (Lipinski definition) is 4. The molecule has 0 aromatic heterocycles. The largest absolute Gasteiger partial charge is 0.331 e. The second kappa shape index (κ2) is 9.43. The zero-order chi connectivity index (χ0) is 22.8. The van der Waals surface area contributed by atoms with Gasteiger partial charge in [0.2, 0.25) is 5.91 Å². The van der Waals surface area contributed by atoms with Gasteiger partial charge < -0.3 is 4.90 Å². The fourth-order valence-electron chi connectivity index (χ4n) is 5.12. The Morgan fingerprint density at radius 2 is 1.88 bits per heavy atom. The summed E-state index contributed by atoms with van der Waals surface area (Å²) in [6.45, 7) is 3.69. The molecule has 3 aliphatic rings. The summed E-state index contributed by atoms with van der Waals surface area (Å²) in [6, 6.07) is 15.9. The number of carbonyl (C=O) groups excluding carboxylic acids is 1. The molecule has 2 aliphatic heterocycles. The summed E-state index contributed by atoms with van der Waals surface area (Å²) >= 11 is 0. The third-order valence-corrected chi connectivity index (χ3v) is 8.88. The zero-order valence-corrected chi connectivity index (χ0v) is 19.8. The van der Waals surface area contributed by atoms with E-state index in [-0.39, 0.29) is 23.5 Å². The third kappa shape index (κ3) is 5.56. The normalized spacial score (nSPS) is 22.4. The van der Waals surface area contributed by atoms with E-state index in [1.54, 1.807) is 11.0 Å². The van der Waals surface area contributed by atoms with Gasteiger partial charge in [0.15, 0.2) is 9.84 Å². The Kier molecular flexibility index (Phi) is 6.39. The average molecular weight is 465 g/mol.